The van der Waals surface area contributed by atoms with Crippen molar-refractivity contribution in [2.75, 3.05) is 21.1 Å². The van der Waals surface area contributed by atoms with E-state index in [1.807, 2.05) is 18.2 Å². The molecule has 3 heteroatoms. The second kappa shape index (κ2) is 7.28. The van der Waals surface area contributed by atoms with Gasteiger partial charge in [0, 0.05) is 5.57 Å². The number of nitrogens with zero attached hydrogens (tertiary/aromatic N) is 1. The van der Waals surface area contributed by atoms with Crippen LogP contribution in [0.4, 0.5) is 5.69 Å². The van der Waals surface area contributed by atoms with E-state index in [0.717, 1.165) is 15.6 Å². The first-order valence-electron chi connectivity index (χ1n) is 7.83. The summed E-state index contributed by atoms with van der Waals surface area (Å²) in [5.74, 6) is 0.114. The predicted molar refractivity (Wildman–Crippen MR) is 102 cm³/mol. The van der Waals surface area contributed by atoms with Gasteiger partial charge < -0.3 is 4.74 Å². The topological polar surface area (TPSA) is 26.3 Å². The van der Waals surface area contributed by atoms with Crippen molar-refractivity contribution in [1.82, 2.24) is 4.48 Å². The highest BCUT2D eigenvalue weighted by molar-refractivity contribution is 5.88. The SMILES string of the molecule is C=C(C)C(=O)Oc1ccc(/C=C/c2ccc([N+](C)(C)C)cc2)cc1. The number of carbonyl (C=O) groups excluding carboxylic acids is 1. The van der Waals surface area contributed by atoms with Crippen molar-refractivity contribution in [1.29, 1.82) is 0 Å². The number of hydrogen-bond donors (Lipinski definition) is 0. The van der Waals surface area contributed by atoms with Crippen LogP contribution in [0.15, 0.2) is 60.7 Å². The van der Waals surface area contributed by atoms with Crippen molar-refractivity contribution in [2.24, 2.45) is 0 Å². The third kappa shape index (κ3) is 4.93. The summed E-state index contributed by atoms with van der Waals surface area (Å²) in [7, 11) is 6.44. The summed E-state index contributed by atoms with van der Waals surface area (Å²) in [5.41, 5.74) is 3.83. The Morgan fingerprint density at radius 1 is 0.917 bits per heavy atom. The Morgan fingerprint density at radius 2 is 1.38 bits per heavy atom. The number of rotatable bonds is 5. The zero-order valence-corrected chi connectivity index (χ0v) is 14.7. The number of hydrogen-bond acceptors (Lipinski definition) is 2. The Balaban J connectivity index is 2.04. The van der Waals surface area contributed by atoms with Crippen LogP contribution in [0.25, 0.3) is 12.2 Å². The molecule has 0 aromatic heterocycles. The van der Waals surface area contributed by atoms with Gasteiger partial charge in [0.1, 0.15) is 11.4 Å². The van der Waals surface area contributed by atoms with E-state index in [0.29, 0.717) is 11.3 Å². The van der Waals surface area contributed by atoms with Gasteiger partial charge >= 0.3 is 5.97 Å². The van der Waals surface area contributed by atoms with Crippen LogP contribution in [0, 0.1) is 0 Å². The highest BCUT2D eigenvalue weighted by atomic mass is 16.5. The first-order chi connectivity index (χ1) is 11.3. The summed E-state index contributed by atoms with van der Waals surface area (Å²) in [6, 6.07) is 15.9. The van der Waals surface area contributed by atoms with Gasteiger partial charge in [0.15, 0.2) is 0 Å². The maximum absolute atomic E-state index is 11.5. The minimum Gasteiger partial charge on any atom is -0.423 e. The Hall–Kier alpha value is -2.65. The van der Waals surface area contributed by atoms with Gasteiger partial charge in [-0.3, -0.25) is 4.48 Å². The highest BCUT2D eigenvalue weighted by Crippen LogP contribution is 2.19. The molecule has 0 unspecified atom stereocenters. The minimum absolute atomic E-state index is 0.385. The largest absolute Gasteiger partial charge is 0.423 e. The average molecular weight is 322 g/mol. The van der Waals surface area contributed by atoms with Gasteiger partial charge in [0.2, 0.25) is 0 Å². The molecule has 124 valence electrons. The molecule has 0 amide bonds. The number of benzene rings is 2. The first-order valence-corrected chi connectivity index (χ1v) is 7.83. The van der Waals surface area contributed by atoms with Crippen LogP contribution in [-0.2, 0) is 4.79 Å². The normalized spacial score (nSPS) is 11.5. The van der Waals surface area contributed by atoms with Crippen LogP contribution in [0.3, 0.4) is 0 Å². The molecule has 24 heavy (non-hydrogen) atoms. The maximum atomic E-state index is 11.5. The van der Waals surface area contributed by atoms with Gasteiger partial charge in [0.25, 0.3) is 0 Å². The number of quaternary nitrogens is 1. The third-order valence-electron chi connectivity index (χ3n) is 3.58. The summed E-state index contributed by atoms with van der Waals surface area (Å²) in [5, 5.41) is 0. The third-order valence-corrected chi connectivity index (χ3v) is 3.58. The maximum Gasteiger partial charge on any atom is 0.338 e. The molecule has 0 saturated heterocycles. The lowest BCUT2D eigenvalue weighted by atomic mass is 10.1. The number of carbonyl (C=O) groups is 1. The van der Waals surface area contributed by atoms with E-state index in [4.69, 9.17) is 4.74 Å². The van der Waals surface area contributed by atoms with Crippen LogP contribution in [0.1, 0.15) is 18.1 Å². The smallest absolute Gasteiger partial charge is 0.338 e. The van der Waals surface area contributed by atoms with E-state index >= 15 is 0 Å². The molecule has 0 spiro atoms. The van der Waals surface area contributed by atoms with Crippen LogP contribution in [0.5, 0.6) is 5.75 Å². The molecular weight excluding hydrogens is 298 g/mol. The zero-order chi connectivity index (χ0) is 17.7. The lowest BCUT2D eigenvalue weighted by molar-refractivity contribution is -0.130. The van der Waals surface area contributed by atoms with Crippen LogP contribution in [-0.4, -0.2) is 27.1 Å². The van der Waals surface area contributed by atoms with Crippen molar-refractivity contribution in [3.63, 3.8) is 0 Å². The van der Waals surface area contributed by atoms with E-state index in [1.54, 1.807) is 19.1 Å². The molecule has 2 aromatic rings. The highest BCUT2D eigenvalue weighted by Gasteiger charge is 2.10. The monoisotopic (exact) mass is 322 g/mol. The second-order valence-corrected chi connectivity index (χ2v) is 6.68. The Bertz CT molecular complexity index is 748. The van der Waals surface area contributed by atoms with E-state index in [-0.39, 0.29) is 0 Å². The fourth-order valence-electron chi connectivity index (χ4n) is 2.07. The standard InChI is InChI=1S/C21H24NO2/c1-16(2)21(23)24-20-14-10-18(11-15-20)7-6-17-8-12-19(13-9-17)22(3,4)5/h6-15H,1H2,2-5H3/q+1/b7-6+. The van der Waals surface area contributed by atoms with Crippen LogP contribution in [0.2, 0.25) is 0 Å². The average Bonchev–Trinajstić information content (AvgIpc) is 2.53. The van der Waals surface area contributed by atoms with Gasteiger partial charge in [-0.05, 0) is 54.4 Å². The van der Waals surface area contributed by atoms with Crippen molar-refractivity contribution in [2.45, 2.75) is 6.92 Å². The lowest BCUT2D eigenvalue weighted by Crippen LogP contribution is -2.34. The van der Waals surface area contributed by atoms with E-state index in [9.17, 15) is 4.79 Å². The molecule has 2 rings (SSSR count). The molecule has 0 radical (unpaired) electrons. The molecule has 0 aliphatic carbocycles. The van der Waals surface area contributed by atoms with Gasteiger partial charge in [-0.25, -0.2) is 4.79 Å². The lowest BCUT2D eigenvalue weighted by Gasteiger charge is -2.23. The van der Waals surface area contributed by atoms with E-state index in [2.05, 4.69) is 58.1 Å². The quantitative estimate of drug-likeness (QED) is 0.266. The molecule has 0 atom stereocenters. The molecule has 0 heterocycles. The molecule has 0 fully saturated rings. The number of esters is 1. The predicted octanol–water partition coefficient (Wildman–Crippen LogP) is 4.54. The molecule has 3 nitrogen and oxygen atoms in total. The Morgan fingerprint density at radius 3 is 1.79 bits per heavy atom. The van der Waals surface area contributed by atoms with Crippen LogP contribution >= 0.6 is 0 Å². The summed E-state index contributed by atoms with van der Waals surface area (Å²) in [6.45, 7) is 5.19. The first kappa shape index (κ1) is 17.7. The van der Waals surface area contributed by atoms with Crippen molar-refractivity contribution in [3.05, 3.63) is 71.8 Å². The van der Waals surface area contributed by atoms with E-state index < -0.39 is 5.97 Å². The molecule has 2 aromatic carbocycles. The zero-order valence-electron chi connectivity index (χ0n) is 14.7. The van der Waals surface area contributed by atoms with Crippen LogP contribution < -0.4 is 9.22 Å². The van der Waals surface area contributed by atoms with Gasteiger partial charge in [-0.1, -0.05) is 30.9 Å². The fourth-order valence-corrected chi connectivity index (χ4v) is 2.07. The summed E-state index contributed by atoms with van der Waals surface area (Å²) in [6.07, 6.45) is 4.10. The van der Waals surface area contributed by atoms with Gasteiger partial charge in [-0.2, -0.15) is 0 Å². The molecule has 0 aliphatic heterocycles. The van der Waals surface area contributed by atoms with Crippen molar-refractivity contribution in [3.8, 4) is 5.75 Å². The fraction of sp³-hybridized carbons (Fsp3) is 0.190. The molecule has 0 aliphatic rings. The number of ether oxygens (including phenoxy) is 1. The molecule has 0 N–H and O–H groups in total. The Kier molecular flexibility index (Phi) is 5.37. The second-order valence-electron chi connectivity index (χ2n) is 6.68. The van der Waals surface area contributed by atoms with E-state index in [1.165, 1.54) is 5.69 Å². The molecule has 0 bridgehead atoms. The molecular formula is C21H24NO2+. The minimum atomic E-state index is -0.407. The van der Waals surface area contributed by atoms with Crippen molar-refractivity contribution < 1.29 is 9.53 Å². The summed E-state index contributed by atoms with van der Waals surface area (Å²) >= 11 is 0. The molecule has 0 saturated carbocycles. The van der Waals surface area contributed by atoms with Gasteiger partial charge in [-0.15, -0.1) is 0 Å². The van der Waals surface area contributed by atoms with Gasteiger partial charge in [0.05, 0.1) is 21.1 Å². The summed E-state index contributed by atoms with van der Waals surface area (Å²) in [4.78, 5) is 11.5. The Labute approximate surface area is 144 Å². The van der Waals surface area contributed by atoms with Crippen molar-refractivity contribution >= 4 is 23.8 Å². The summed E-state index contributed by atoms with van der Waals surface area (Å²) < 4.78 is 5.97.